The van der Waals surface area contributed by atoms with Crippen molar-refractivity contribution in [1.29, 1.82) is 0 Å². The van der Waals surface area contributed by atoms with Crippen molar-refractivity contribution in [3.05, 3.63) is 41.5 Å². The second-order valence-electron chi connectivity index (χ2n) is 6.72. The summed E-state index contributed by atoms with van der Waals surface area (Å²) in [4.78, 5) is 27.3. The van der Waals surface area contributed by atoms with Crippen LogP contribution in [-0.2, 0) is 0 Å². The molecule has 0 unspecified atom stereocenters. The van der Waals surface area contributed by atoms with Crippen molar-refractivity contribution < 1.29 is 9.69 Å². The molecule has 0 radical (unpaired) electrons. The Hall–Kier alpha value is -2.29. The largest absolute Gasteiger partial charge is 0.360 e. The van der Waals surface area contributed by atoms with E-state index in [0.717, 1.165) is 51.8 Å². The fourth-order valence-electron chi connectivity index (χ4n) is 3.05. The lowest BCUT2D eigenvalue weighted by Gasteiger charge is -2.31. The quantitative estimate of drug-likeness (QED) is 0.645. The molecular formula is C19H22N5OS2+. The molecule has 3 aromatic rings. The lowest BCUT2D eigenvalue weighted by molar-refractivity contribution is -0.880. The number of anilines is 3. The summed E-state index contributed by atoms with van der Waals surface area (Å²) in [6, 6.07) is 8.00. The molecule has 4 heterocycles. The first-order chi connectivity index (χ1) is 13.1. The van der Waals surface area contributed by atoms with E-state index in [1.54, 1.807) is 23.2 Å². The van der Waals surface area contributed by atoms with Gasteiger partial charge in [0.05, 0.1) is 43.0 Å². The van der Waals surface area contributed by atoms with Gasteiger partial charge >= 0.3 is 0 Å². The Morgan fingerprint density at radius 3 is 2.70 bits per heavy atom. The van der Waals surface area contributed by atoms with Crippen molar-refractivity contribution in [3.8, 4) is 9.75 Å². The summed E-state index contributed by atoms with van der Waals surface area (Å²) in [5.74, 6) is 0.899. The van der Waals surface area contributed by atoms with Gasteiger partial charge in [0.1, 0.15) is 5.82 Å². The van der Waals surface area contributed by atoms with E-state index in [4.69, 9.17) is 0 Å². The molecule has 1 fully saturated rings. The Balaban J connectivity index is 1.47. The second kappa shape index (κ2) is 7.75. The van der Waals surface area contributed by atoms with Gasteiger partial charge in [-0.15, -0.1) is 11.3 Å². The molecule has 1 aliphatic rings. The average Bonchev–Trinajstić information content (AvgIpc) is 3.32. The van der Waals surface area contributed by atoms with Gasteiger partial charge in [0, 0.05) is 29.0 Å². The molecule has 0 aliphatic carbocycles. The van der Waals surface area contributed by atoms with Crippen molar-refractivity contribution in [3.63, 3.8) is 0 Å². The summed E-state index contributed by atoms with van der Waals surface area (Å²) < 4.78 is 0. The summed E-state index contributed by atoms with van der Waals surface area (Å²) in [7, 11) is 2.24. The summed E-state index contributed by atoms with van der Waals surface area (Å²) in [5, 5.41) is 4.12. The van der Waals surface area contributed by atoms with Crippen LogP contribution in [0.1, 0.15) is 16.6 Å². The zero-order chi connectivity index (χ0) is 18.8. The van der Waals surface area contributed by atoms with Gasteiger partial charge in [-0.1, -0.05) is 11.3 Å². The first-order valence-corrected chi connectivity index (χ1v) is 10.6. The van der Waals surface area contributed by atoms with Crippen LogP contribution in [-0.4, -0.2) is 49.0 Å². The number of carbonyl (C=O) groups excluding carboxylic acids is 1. The molecule has 3 aromatic heterocycles. The van der Waals surface area contributed by atoms with Crippen LogP contribution in [0.15, 0.2) is 36.7 Å². The number of carbonyl (C=O) groups is 1. The highest BCUT2D eigenvalue weighted by molar-refractivity contribution is 7.24. The number of likely N-dealkylation sites (N-methyl/N-ethyl adjacent to an activating group) is 1. The van der Waals surface area contributed by atoms with Gasteiger partial charge in [0.25, 0.3) is 0 Å². The first-order valence-electron chi connectivity index (χ1n) is 8.95. The Kier molecular flexibility index (Phi) is 5.20. The summed E-state index contributed by atoms with van der Waals surface area (Å²) in [6.07, 6.45) is 3.69. The molecule has 1 aliphatic heterocycles. The monoisotopic (exact) mass is 400 g/mol. The number of ketones is 1. The number of hydrogen-bond donors (Lipinski definition) is 2. The van der Waals surface area contributed by atoms with Crippen molar-refractivity contribution in [2.75, 3.05) is 43.4 Å². The van der Waals surface area contributed by atoms with Gasteiger partial charge in [0.15, 0.2) is 10.9 Å². The number of piperazine rings is 1. The van der Waals surface area contributed by atoms with Crippen LogP contribution in [0.25, 0.3) is 9.75 Å². The molecule has 0 atom stereocenters. The van der Waals surface area contributed by atoms with E-state index in [2.05, 4.69) is 39.4 Å². The minimum atomic E-state index is 0.0978. The number of Topliss-reactive ketones (excluding diaryl/α,β-unsaturated/α-hetero) is 1. The normalized spacial score (nSPS) is 15.1. The van der Waals surface area contributed by atoms with Gasteiger partial charge in [-0.25, -0.2) is 9.97 Å². The van der Waals surface area contributed by atoms with Crippen molar-refractivity contribution in [1.82, 2.24) is 9.97 Å². The third kappa shape index (κ3) is 4.18. The Bertz CT molecular complexity index is 943. The lowest BCUT2D eigenvalue weighted by atomic mass is 10.2. The molecule has 1 saturated heterocycles. The van der Waals surface area contributed by atoms with Gasteiger partial charge < -0.3 is 15.1 Å². The topological polar surface area (TPSA) is 62.6 Å². The van der Waals surface area contributed by atoms with Crippen LogP contribution in [0.3, 0.4) is 0 Å². The minimum Gasteiger partial charge on any atom is -0.360 e. The van der Waals surface area contributed by atoms with Gasteiger partial charge in [-0.2, -0.15) is 0 Å². The summed E-state index contributed by atoms with van der Waals surface area (Å²) >= 11 is 3.07. The molecule has 140 valence electrons. The standard InChI is InChI=1S/C19H21N5OS2/c1-13(25)15-3-4-16(26-15)17-12-21-19(27-17)22-18-11-14(5-6-20-18)24-9-7-23(2)8-10-24/h3-6,11-12H,7-10H2,1-2H3,(H,20,21,22)/p+1. The molecule has 27 heavy (non-hydrogen) atoms. The number of nitrogens with one attached hydrogen (secondary N) is 2. The van der Waals surface area contributed by atoms with E-state index in [9.17, 15) is 4.79 Å². The zero-order valence-electron chi connectivity index (χ0n) is 15.4. The molecular weight excluding hydrogens is 378 g/mol. The van der Waals surface area contributed by atoms with Crippen molar-refractivity contribution >= 4 is 45.1 Å². The molecule has 0 saturated carbocycles. The number of quaternary nitrogens is 1. The molecule has 8 heteroatoms. The van der Waals surface area contributed by atoms with Gasteiger partial charge in [-0.3, -0.25) is 4.79 Å². The Morgan fingerprint density at radius 1 is 1.15 bits per heavy atom. The molecule has 4 rings (SSSR count). The number of thiophene rings is 1. The van der Waals surface area contributed by atoms with Crippen LogP contribution in [0.2, 0.25) is 0 Å². The fraction of sp³-hybridized carbons (Fsp3) is 0.316. The number of hydrogen-bond acceptors (Lipinski definition) is 7. The zero-order valence-corrected chi connectivity index (χ0v) is 17.0. The third-order valence-corrected chi connectivity index (χ3v) is 6.96. The van der Waals surface area contributed by atoms with Crippen LogP contribution in [0, 0.1) is 0 Å². The van der Waals surface area contributed by atoms with E-state index in [-0.39, 0.29) is 5.78 Å². The van der Waals surface area contributed by atoms with Crippen LogP contribution < -0.4 is 15.1 Å². The minimum absolute atomic E-state index is 0.0978. The molecule has 0 bridgehead atoms. The number of nitrogens with zero attached hydrogens (tertiary/aromatic N) is 3. The average molecular weight is 401 g/mol. The van der Waals surface area contributed by atoms with Crippen LogP contribution in [0.4, 0.5) is 16.6 Å². The number of aromatic nitrogens is 2. The van der Waals surface area contributed by atoms with Crippen molar-refractivity contribution in [2.24, 2.45) is 0 Å². The molecule has 0 aromatic carbocycles. The van der Waals surface area contributed by atoms with E-state index >= 15 is 0 Å². The summed E-state index contributed by atoms with van der Waals surface area (Å²) in [6.45, 7) is 6.03. The van der Waals surface area contributed by atoms with E-state index < -0.39 is 0 Å². The maximum atomic E-state index is 11.5. The molecule has 6 nitrogen and oxygen atoms in total. The predicted molar refractivity (Wildman–Crippen MR) is 112 cm³/mol. The van der Waals surface area contributed by atoms with E-state index in [1.165, 1.54) is 17.0 Å². The Morgan fingerprint density at radius 2 is 1.96 bits per heavy atom. The number of rotatable bonds is 5. The van der Waals surface area contributed by atoms with Gasteiger partial charge in [-0.05, 0) is 25.1 Å². The second-order valence-corrected chi connectivity index (χ2v) is 8.83. The molecule has 0 spiro atoms. The van der Waals surface area contributed by atoms with Crippen LogP contribution >= 0.6 is 22.7 Å². The fourth-order valence-corrected chi connectivity index (χ4v) is 4.85. The molecule has 2 N–H and O–H groups in total. The molecule has 0 amide bonds. The highest BCUT2D eigenvalue weighted by Crippen LogP contribution is 2.35. The SMILES string of the molecule is CC(=O)c1ccc(-c2cnc(Nc3cc(N4CC[NH+](C)CC4)ccn3)s2)s1. The Labute approximate surface area is 166 Å². The highest BCUT2D eigenvalue weighted by atomic mass is 32.1. The van der Waals surface area contributed by atoms with E-state index in [0.29, 0.717) is 0 Å². The van der Waals surface area contributed by atoms with E-state index in [1.807, 2.05) is 24.5 Å². The predicted octanol–water partition coefficient (Wildman–Crippen LogP) is 2.55. The number of pyridine rings is 1. The first kappa shape index (κ1) is 18.1. The maximum Gasteiger partial charge on any atom is 0.188 e. The smallest absolute Gasteiger partial charge is 0.188 e. The lowest BCUT2D eigenvalue weighted by Crippen LogP contribution is -3.12. The third-order valence-electron chi connectivity index (χ3n) is 4.66. The van der Waals surface area contributed by atoms with Crippen LogP contribution in [0.5, 0.6) is 0 Å². The van der Waals surface area contributed by atoms with Gasteiger partial charge in [0.2, 0.25) is 0 Å². The maximum absolute atomic E-state index is 11.5. The number of thiazole rings is 1. The van der Waals surface area contributed by atoms with Crippen molar-refractivity contribution in [2.45, 2.75) is 6.92 Å². The highest BCUT2D eigenvalue weighted by Gasteiger charge is 2.17. The summed E-state index contributed by atoms with van der Waals surface area (Å²) in [5.41, 5.74) is 1.20.